The van der Waals surface area contributed by atoms with Crippen molar-refractivity contribution in [2.45, 2.75) is 25.9 Å². The summed E-state index contributed by atoms with van der Waals surface area (Å²) >= 11 is 1.61. The van der Waals surface area contributed by atoms with Gasteiger partial charge in [0.1, 0.15) is 10.8 Å². The van der Waals surface area contributed by atoms with Crippen LogP contribution in [0.2, 0.25) is 0 Å². The fourth-order valence-electron chi connectivity index (χ4n) is 1.81. The molecule has 2 rings (SSSR count). The summed E-state index contributed by atoms with van der Waals surface area (Å²) < 4.78 is 13.6. The van der Waals surface area contributed by atoms with Crippen LogP contribution in [0.3, 0.4) is 0 Å². The van der Waals surface area contributed by atoms with Gasteiger partial charge in [0.15, 0.2) is 0 Å². The smallest absolute Gasteiger partial charge is 0.127 e. The van der Waals surface area contributed by atoms with E-state index in [2.05, 4.69) is 10.3 Å². The van der Waals surface area contributed by atoms with Crippen LogP contribution in [0.15, 0.2) is 35.8 Å². The van der Waals surface area contributed by atoms with Gasteiger partial charge in [0, 0.05) is 23.2 Å². The molecular weight excluding hydrogens is 235 g/mol. The number of hydrogen-bond acceptors (Lipinski definition) is 3. The largest absolute Gasteiger partial charge is 0.301 e. The maximum atomic E-state index is 13.6. The highest BCUT2D eigenvalue weighted by Crippen LogP contribution is 2.22. The maximum Gasteiger partial charge on any atom is 0.127 e. The number of halogens is 1. The van der Waals surface area contributed by atoms with Crippen LogP contribution < -0.4 is 5.32 Å². The first-order valence-corrected chi connectivity index (χ1v) is 6.46. The number of benzene rings is 1. The predicted octanol–water partition coefficient (Wildman–Crippen LogP) is 3.69. The molecule has 1 N–H and O–H groups in total. The Kier molecular flexibility index (Phi) is 3.86. The normalized spacial score (nSPS) is 14.5. The van der Waals surface area contributed by atoms with Crippen LogP contribution in [0.25, 0.3) is 0 Å². The van der Waals surface area contributed by atoms with Crippen LogP contribution >= 0.6 is 11.3 Å². The van der Waals surface area contributed by atoms with Gasteiger partial charge in [-0.3, -0.25) is 0 Å². The van der Waals surface area contributed by atoms with E-state index in [0.717, 1.165) is 5.01 Å². The van der Waals surface area contributed by atoms with Gasteiger partial charge in [-0.05, 0) is 19.9 Å². The molecule has 0 saturated carbocycles. The first kappa shape index (κ1) is 12.2. The highest BCUT2D eigenvalue weighted by atomic mass is 32.1. The summed E-state index contributed by atoms with van der Waals surface area (Å²) in [5, 5.41) is 6.31. The van der Waals surface area contributed by atoms with E-state index in [1.165, 1.54) is 6.07 Å². The summed E-state index contributed by atoms with van der Waals surface area (Å²) in [4.78, 5) is 4.25. The van der Waals surface area contributed by atoms with E-state index in [1.54, 1.807) is 23.6 Å². The quantitative estimate of drug-likeness (QED) is 0.895. The fourth-order valence-corrected chi connectivity index (χ4v) is 2.47. The first-order valence-electron chi connectivity index (χ1n) is 5.58. The highest BCUT2D eigenvalue weighted by molar-refractivity contribution is 7.09. The highest BCUT2D eigenvalue weighted by Gasteiger charge is 2.15. The lowest BCUT2D eigenvalue weighted by Gasteiger charge is -2.19. The zero-order valence-corrected chi connectivity index (χ0v) is 10.7. The Morgan fingerprint density at radius 2 is 2.00 bits per heavy atom. The van der Waals surface area contributed by atoms with Crippen LogP contribution in [-0.4, -0.2) is 4.98 Å². The van der Waals surface area contributed by atoms with Gasteiger partial charge in [0.25, 0.3) is 0 Å². The second-order valence-corrected chi connectivity index (χ2v) is 4.93. The minimum Gasteiger partial charge on any atom is -0.301 e. The summed E-state index contributed by atoms with van der Waals surface area (Å²) in [6.45, 7) is 4.00. The average molecular weight is 250 g/mol. The van der Waals surface area contributed by atoms with Crippen LogP contribution in [0.5, 0.6) is 0 Å². The van der Waals surface area contributed by atoms with Gasteiger partial charge >= 0.3 is 0 Å². The molecule has 4 heteroatoms. The van der Waals surface area contributed by atoms with Gasteiger partial charge in [-0.25, -0.2) is 9.37 Å². The molecule has 2 atom stereocenters. The van der Waals surface area contributed by atoms with E-state index in [1.807, 2.05) is 31.4 Å². The van der Waals surface area contributed by atoms with Crippen LogP contribution in [0.4, 0.5) is 4.39 Å². The summed E-state index contributed by atoms with van der Waals surface area (Å²) in [5.41, 5.74) is 0.691. The first-order chi connectivity index (χ1) is 8.18. The van der Waals surface area contributed by atoms with Crippen molar-refractivity contribution in [2.24, 2.45) is 0 Å². The van der Waals surface area contributed by atoms with Crippen LogP contribution in [0.1, 0.15) is 36.5 Å². The van der Waals surface area contributed by atoms with Gasteiger partial charge in [-0.2, -0.15) is 0 Å². The molecule has 0 amide bonds. The summed E-state index contributed by atoms with van der Waals surface area (Å²) in [6.07, 6.45) is 1.78. The van der Waals surface area contributed by atoms with Crippen molar-refractivity contribution < 1.29 is 4.39 Å². The third kappa shape index (κ3) is 2.90. The van der Waals surface area contributed by atoms with Gasteiger partial charge in [0.05, 0.1) is 6.04 Å². The van der Waals surface area contributed by atoms with E-state index in [4.69, 9.17) is 0 Å². The topological polar surface area (TPSA) is 24.9 Å². The Hall–Kier alpha value is -1.26. The second-order valence-electron chi connectivity index (χ2n) is 4.00. The molecule has 0 bridgehead atoms. The zero-order chi connectivity index (χ0) is 12.3. The molecule has 0 fully saturated rings. The Morgan fingerprint density at radius 3 is 2.65 bits per heavy atom. The summed E-state index contributed by atoms with van der Waals surface area (Å²) in [7, 11) is 0. The van der Waals surface area contributed by atoms with Gasteiger partial charge < -0.3 is 5.32 Å². The molecule has 90 valence electrons. The SMILES string of the molecule is CC(NC(C)c1ccccc1F)c1nccs1. The van der Waals surface area contributed by atoms with E-state index < -0.39 is 0 Å². The summed E-state index contributed by atoms with van der Waals surface area (Å²) in [5.74, 6) is -0.168. The molecule has 2 nitrogen and oxygen atoms in total. The van der Waals surface area contributed by atoms with E-state index in [0.29, 0.717) is 5.56 Å². The molecule has 0 radical (unpaired) electrons. The number of thiazole rings is 1. The molecule has 0 aliphatic heterocycles. The fraction of sp³-hybridized carbons (Fsp3) is 0.308. The Morgan fingerprint density at radius 1 is 1.24 bits per heavy atom. The average Bonchev–Trinajstić information content (AvgIpc) is 2.82. The molecule has 0 spiro atoms. The van der Waals surface area contributed by atoms with Crippen molar-refractivity contribution >= 4 is 11.3 Å². The Labute approximate surface area is 105 Å². The number of nitrogens with one attached hydrogen (secondary N) is 1. The van der Waals surface area contributed by atoms with Crippen molar-refractivity contribution in [2.75, 3.05) is 0 Å². The van der Waals surface area contributed by atoms with Crippen molar-refractivity contribution in [1.29, 1.82) is 0 Å². The van der Waals surface area contributed by atoms with Gasteiger partial charge in [0.2, 0.25) is 0 Å². The number of rotatable bonds is 4. The molecule has 0 aliphatic carbocycles. The molecule has 0 aliphatic rings. The van der Waals surface area contributed by atoms with Crippen molar-refractivity contribution in [3.8, 4) is 0 Å². The van der Waals surface area contributed by atoms with Gasteiger partial charge in [-0.1, -0.05) is 18.2 Å². The molecule has 1 aromatic carbocycles. The van der Waals surface area contributed by atoms with Crippen molar-refractivity contribution in [3.63, 3.8) is 0 Å². The van der Waals surface area contributed by atoms with Crippen LogP contribution in [0, 0.1) is 5.82 Å². The molecule has 17 heavy (non-hydrogen) atoms. The van der Waals surface area contributed by atoms with E-state index >= 15 is 0 Å². The Balaban J connectivity index is 2.07. The van der Waals surface area contributed by atoms with E-state index in [-0.39, 0.29) is 17.9 Å². The van der Waals surface area contributed by atoms with Crippen molar-refractivity contribution in [1.82, 2.24) is 10.3 Å². The Bertz CT molecular complexity index is 470. The number of aromatic nitrogens is 1. The third-order valence-electron chi connectivity index (χ3n) is 2.69. The number of hydrogen-bond donors (Lipinski definition) is 1. The predicted molar refractivity (Wildman–Crippen MR) is 68.5 cm³/mol. The third-order valence-corrected chi connectivity index (χ3v) is 3.65. The van der Waals surface area contributed by atoms with Gasteiger partial charge in [-0.15, -0.1) is 11.3 Å². The molecule has 0 saturated heterocycles. The minimum atomic E-state index is -0.168. The lowest BCUT2D eigenvalue weighted by molar-refractivity contribution is 0.473. The zero-order valence-electron chi connectivity index (χ0n) is 9.85. The second kappa shape index (κ2) is 5.38. The lowest BCUT2D eigenvalue weighted by atomic mass is 10.1. The maximum absolute atomic E-state index is 13.6. The summed E-state index contributed by atoms with van der Waals surface area (Å²) in [6, 6.07) is 6.95. The molecule has 2 aromatic rings. The lowest BCUT2D eigenvalue weighted by Crippen LogP contribution is -2.23. The standard InChI is InChI=1S/C13H15FN2S/c1-9(11-5-3-4-6-12(11)14)16-10(2)13-15-7-8-17-13/h3-10,16H,1-2H3. The van der Waals surface area contributed by atoms with Crippen molar-refractivity contribution in [3.05, 3.63) is 52.2 Å². The molecule has 1 aromatic heterocycles. The monoisotopic (exact) mass is 250 g/mol. The molecule has 2 unspecified atom stereocenters. The molecule has 1 heterocycles. The minimum absolute atomic E-state index is 0.0323. The van der Waals surface area contributed by atoms with E-state index in [9.17, 15) is 4.39 Å². The number of nitrogens with zero attached hydrogens (tertiary/aromatic N) is 1. The molecular formula is C13H15FN2S. The van der Waals surface area contributed by atoms with Crippen LogP contribution in [-0.2, 0) is 0 Å².